The molecule has 6 nitrogen and oxygen atoms in total. The average molecular weight is 216 g/mol. The van der Waals surface area contributed by atoms with Crippen LogP contribution in [-0.2, 0) is 9.53 Å². The van der Waals surface area contributed by atoms with Gasteiger partial charge >= 0.3 is 12.0 Å². The van der Waals surface area contributed by atoms with Crippen molar-refractivity contribution in [2.45, 2.75) is 31.9 Å². The van der Waals surface area contributed by atoms with Gasteiger partial charge in [-0.2, -0.15) is 0 Å². The van der Waals surface area contributed by atoms with E-state index in [1.165, 1.54) is 6.92 Å². The van der Waals surface area contributed by atoms with Gasteiger partial charge in [-0.15, -0.1) is 0 Å². The van der Waals surface area contributed by atoms with Crippen molar-refractivity contribution in [3.63, 3.8) is 0 Å². The zero-order valence-electron chi connectivity index (χ0n) is 8.66. The van der Waals surface area contributed by atoms with Crippen LogP contribution >= 0.6 is 0 Å². The molecular weight excluding hydrogens is 200 g/mol. The summed E-state index contributed by atoms with van der Waals surface area (Å²) in [5.74, 6) is -1.05. The standard InChI is InChI=1S/C9H16N2O4/c1-6(8(12)13)11-9(14)10-5-7-3-2-4-15-7/h6-7H,2-5H2,1H3,(H,12,13)(H2,10,11,14)/t6-,7-/m1/s1. The number of amides is 2. The summed E-state index contributed by atoms with van der Waals surface area (Å²) in [5, 5.41) is 13.4. The van der Waals surface area contributed by atoms with Crippen molar-refractivity contribution < 1.29 is 19.4 Å². The molecule has 1 aliphatic rings. The highest BCUT2D eigenvalue weighted by atomic mass is 16.5. The van der Waals surface area contributed by atoms with Crippen LogP contribution in [-0.4, -0.2) is 42.4 Å². The SMILES string of the molecule is C[C@@H](NC(=O)NC[C@H]1CCCO1)C(=O)O. The molecule has 6 heteroatoms. The Morgan fingerprint density at radius 2 is 2.33 bits per heavy atom. The van der Waals surface area contributed by atoms with Gasteiger partial charge in [-0.05, 0) is 19.8 Å². The number of rotatable bonds is 4. The number of nitrogens with one attached hydrogen (secondary N) is 2. The molecule has 1 fully saturated rings. The van der Waals surface area contributed by atoms with Crippen molar-refractivity contribution in [3.05, 3.63) is 0 Å². The summed E-state index contributed by atoms with van der Waals surface area (Å²) in [6.45, 7) is 2.58. The highest BCUT2D eigenvalue weighted by Gasteiger charge is 2.18. The van der Waals surface area contributed by atoms with E-state index in [-0.39, 0.29) is 6.10 Å². The van der Waals surface area contributed by atoms with Crippen LogP contribution in [0.5, 0.6) is 0 Å². The van der Waals surface area contributed by atoms with Gasteiger partial charge in [-0.1, -0.05) is 0 Å². The Morgan fingerprint density at radius 1 is 1.60 bits per heavy atom. The Kier molecular flexibility index (Phi) is 4.36. The Balaban J connectivity index is 2.15. The Morgan fingerprint density at radius 3 is 2.87 bits per heavy atom. The quantitative estimate of drug-likeness (QED) is 0.614. The second-order valence-electron chi connectivity index (χ2n) is 3.55. The number of carbonyl (C=O) groups excluding carboxylic acids is 1. The minimum absolute atomic E-state index is 0.0656. The van der Waals surface area contributed by atoms with Gasteiger partial charge in [-0.3, -0.25) is 4.79 Å². The first-order valence-corrected chi connectivity index (χ1v) is 4.98. The van der Waals surface area contributed by atoms with Crippen molar-refractivity contribution in [1.29, 1.82) is 0 Å². The molecule has 1 rings (SSSR count). The molecule has 2 amide bonds. The van der Waals surface area contributed by atoms with Crippen molar-refractivity contribution >= 4 is 12.0 Å². The largest absolute Gasteiger partial charge is 0.480 e. The van der Waals surface area contributed by atoms with Crippen LogP contribution in [0.2, 0.25) is 0 Å². The minimum Gasteiger partial charge on any atom is -0.480 e. The molecule has 0 radical (unpaired) electrons. The molecule has 1 saturated heterocycles. The topological polar surface area (TPSA) is 87.7 Å². The van der Waals surface area contributed by atoms with E-state index in [1.54, 1.807) is 0 Å². The maximum Gasteiger partial charge on any atom is 0.325 e. The third-order valence-electron chi connectivity index (χ3n) is 2.23. The van der Waals surface area contributed by atoms with Gasteiger partial charge < -0.3 is 20.5 Å². The molecule has 0 unspecified atom stereocenters. The van der Waals surface area contributed by atoms with E-state index in [4.69, 9.17) is 9.84 Å². The minimum atomic E-state index is -1.05. The fourth-order valence-electron chi connectivity index (χ4n) is 1.32. The van der Waals surface area contributed by atoms with Gasteiger partial charge in [0.05, 0.1) is 6.10 Å². The predicted octanol–water partition coefficient (Wildman–Crippen LogP) is -0.0623. The molecule has 86 valence electrons. The molecule has 0 saturated carbocycles. The smallest absolute Gasteiger partial charge is 0.325 e. The lowest BCUT2D eigenvalue weighted by Gasteiger charge is -2.13. The molecule has 0 aliphatic carbocycles. The van der Waals surface area contributed by atoms with Crippen LogP contribution in [0.25, 0.3) is 0 Å². The highest BCUT2D eigenvalue weighted by molar-refractivity contribution is 5.82. The summed E-state index contributed by atoms with van der Waals surface area (Å²) >= 11 is 0. The Bertz CT molecular complexity index is 238. The van der Waals surface area contributed by atoms with Gasteiger partial charge in [0.2, 0.25) is 0 Å². The van der Waals surface area contributed by atoms with E-state index in [2.05, 4.69) is 10.6 Å². The molecule has 3 N–H and O–H groups in total. The van der Waals surface area contributed by atoms with Crippen molar-refractivity contribution in [1.82, 2.24) is 10.6 Å². The molecule has 1 aliphatic heterocycles. The third-order valence-corrected chi connectivity index (χ3v) is 2.23. The summed E-state index contributed by atoms with van der Waals surface area (Å²) in [4.78, 5) is 21.6. The third kappa shape index (κ3) is 4.16. The van der Waals surface area contributed by atoms with E-state index < -0.39 is 18.0 Å². The summed E-state index contributed by atoms with van der Waals surface area (Å²) in [6.07, 6.45) is 2.02. The molecule has 15 heavy (non-hydrogen) atoms. The average Bonchev–Trinajstić information content (AvgIpc) is 2.66. The number of aliphatic carboxylic acids is 1. The molecule has 0 aromatic heterocycles. The number of hydrogen-bond acceptors (Lipinski definition) is 3. The Labute approximate surface area is 88.0 Å². The molecule has 0 bridgehead atoms. The monoisotopic (exact) mass is 216 g/mol. The maximum absolute atomic E-state index is 11.2. The normalized spacial score (nSPS) is 22.1. The lowest BCUT2D eigenvalue weighted by atomic mass is 10.2. The lowest BCUT2D eigenvalue weighted by molar-refractivity contribution is -0.138. The molecule has 2 atom stereocenters. The van der Waals surface area contributed by atoms with Gasteiger partial charge in [0.25, 0.3) is 0 Å². The zero-order valence-corrected chi connectivity index (χ0v) is 8.66. The second-order valence-corrected chi connectivity index (χ2v) is 3.55. The van der Waals surface area contributed by atoms with Crippen LogP contribution in [0, 0.1) is 0 Å². The zero-order chi connectivity index (χ0) is 11.3. The van der Waals surface area contributed by atoms with Gasteiger partial charge in [-0.25, -0.2) is 4.79 Å². The number of carboxylic acid groups (broad SMARTS) is 1. The van der Waals surface area contributed by atoms with Crippen molar-refractivity contribution in [2.24, 2.45) is 0 Å². The first-order chi connectivity index (χ1) is 7.09. The number of ether oxygens (including phenoxy) is 1. The molecule has 0 aromatic rings. The summed E-state index contributed by atoms with van der Waals surface area (Å²) in [7, 11) is 0. The molecular formula is C9H16N2O4. The van der Waals surface area contributed by atoms with E-state index >= 15 is 0 Å². The van der Waals surface area contributed by atoms with Crippen molar-refractivity contribution in [3.8, 4) is 0 Å². The first kappa shape index (κ1) is 11.8. The van der Waals surface area contributed by atoms with E-state index in [0.717, 1.165) is 19.4 Å². The van der Waals surface area contributed by atoms with E-state index in [0.29, 0.717) is 6.54 Å². The van der Waals surface area contributed by atoms with Gasteiger partial charge in [0, 0.05) is 13.2 Å². The lowest BCUT2D eigenvalue weighted by Crippen LogP contribution is -2.46. The van der Waals surface area contributed by atoms with Crippen LogP contribution in [0.4, 0.5) is 4.79 Å². The van der Waals surface area contributed by atoms with Crippen LogP contribution in [0.15, 0.2) is 0 Å². The predicted molar refractivity (Wildman–Crippen MR) is 52.6 cm³/mol. The van der Waals surface area contributed by atoms with E-state index in [9.17, 15) is 9.59 Å². The van der Waals surface area contributed by atoms with Crippen LogP contribution in [0.1, 0.15) is 19.8 Å². The fraction of sp³-hybridized carbons (Fsp3) is 0.778. The summed E-state index contributed by atoms with van der Waals surface area (Å²) in [6, 6.07) is -1.35. The van der Waals surface area contributed by atoms with Crippen LogP contribution < -0.4 is 10.6 Å². The number of carbonyl (C=O) groups is 2. The second kappa shape index (κ2) is 5.55. The summed E-state index contributed by atoms with van der Waals surface area (Å²) in [5.41, 5.74) is 0. The number of urea groups is 1. The van der Waals surface area contributed by atoms with Gasteiger partial charge in [0.15, 0.2) is 0 Å². The first-order valence-electron chi connectivity index (χ1n) is 4.98. The van der Waals surface area contributed by atoms with E-state index in [1.807, 2.05) is 0 Å². The fourth-order valence-corrected chi connectivity index (χ4v) is 1.32. The number of carboxylic acids is 1. The van der Waals surface area contributed by atoms with Gasteiger partial charge in [0.1, 0.15) is 6.04 Å². The van der Waals surface area contributed by atoms with Crippen molar-refractivity contribution in [2.75, 3.05) is 13.2 Å². The molecule has 0 aromatic carbocycles. The molecule has 1 heterocycles. The Hall–Kier alpha value is -1.30. The maximum atomic E-state index is 11.2. The summed E-state index contributed by atoms with van der Waals surface area (Å²) < 4.78 is 5.30. The number of hydrogen-bond donors (Lipinski definition) is 3. The highest BCUT2D eigenvalue weighted by Crippen LogP contribution is 2.10. The molecule has 0 spiro atoms. The van der Waals surface area contributed by atoms with Crippen LogP contribution in [0.3, 0.4) is 0 Å².